The Balaban J connectivity index is 1.21. The lowest BCUT2D eigenvalue weighted by atomic mass is 10.1. The second-order valence-electron chi connectivity index (χ2n) is 6.48. The first-order valence-corrected chi connectivity index (χ1v) is 9.73. The number of nitrogens with zero attached hydrogens (tertiary/aromatic N) is 4. The smallest absolute Gasteiger partial charge is 0.268 e. The zero-order valence-electron chi connectivity index (χ0n) is 14.7. The minimum Gasteiger partial charge on any atom is -0.345 e. The lowest BCUT2D eigenvalue weighted by Crippen LogP contribution is -2.23. The standard InChI is InChI=1S/C19H15N5O3S/c25-17(20-10-15-21-19(27-23-15)14-2-1-9-28-14)12-5-3-11(4-6-12)16-22-18(26-24-16)13-7-8-13/h1-6,9,13H,7-8,10H2,(H,20,25). The molecule has 28 heavy (non-hydrogen) atoms. The first kappa shape index (κ1) is 16.8. The van der Waals surface area contributed by atoms with Crippen LogP contribution in [0, 0.1) is 0 Å². The lowest BCUT2D eigenvalue weighted by Gasteiger charge is -2.03. The van der Waals surface area contributed by atoms with Gasteiger partial charge >= 0.3 is 0 Å². The fraction of sp³-hybridized carbons (Fsp3) is 0.211. The predicted octanol–water partition coefficient (Wildman–Crippen LogP) is 3.66. The Labute approximate surface area is 163 Å². The number of rotatable bonds is 6. The highest BCUT2D eigenvalue weighted by atomic mass is 32.1. The molecule has 0 unspecified atom stereocenters. The summed E-state index contributed by atoms with van der Waals surface area (Å²) >= 11 is 1.52. The van der Waals surface area contributed by atoms with E-state index in [1.807, 2.05) is 17.5 Å². The summed E-state index contributed by atoms with van der Waals surface area (Å²) in [5, 5.41) is 12.6. The number of hydrogen-bond donors (Lipinski definition) is 1. The summed E-state index contributed by atoms with van der Waals surface area (Å²) < 4.78 is 10.5. The molecule has 0 aliphatic heterocycles. The highest BCUT2D eigenvalue weighted by molar-refractivity contribution is 7.13. The van der Waals surface area contributed by atoms with Crippen molar-refractivity contribution in [2.45, 2.75) is 25.3 Å². The van der Waals surface area contributed by atoms with Crippen molar-refractivity contribution in [3.63, 3.8) is 0 Å². The van der Waals surface area contributed by atoms with E-state index in [1.54, 1.807) is 24.3 Å². The Morgan fingerprint density at radius 2 is 1.96 bits per heavy atom. The molecule has 1 amide bonds. The maximum atomic E-state index is 12.4. The molecule has 0 radical (unpaired) electrons. The van der Waals surface area contributed by atoms with Crippen LogP contribution in [0.25, 0.3) is 22.2 Å². The van der Waals surface area contributed by atoms with Gasteiger partial charge in [0.25, 0.3) is 11.8 Å². The van der Waals surface area contributed by atoms with Gasteiger partial charge in [0.15, 0.2) is 5.82 Å². The van der Waals surface area contributed by atoms with Crippen molar-refractivity contribution >= 4 is 17.2 Å². The van der Waals surface area contributed by atoms with Crippen LogP contribution in [0.5, 0.6) is 0 Å². The number of amides is 1. The summed E-state index contributed by atoms with van der Waals surface area (Å²) in [6.07, 6.45) is 2.21. The van der Waals surface area contributed by atoms with Gasteiger partial charge in [-0.3, -0.25) is 4.79 Å². The van der Waals surface area contributed by atoms with Crippen LogP contribution >= 0.6 is 11.3 Å². The summed E-state index contributed by atoms with van der Waals surface area (Å²) in [4.78, 5) is 21.9. The number of nitrogens with one attached hydrogen (secondary N) is 1. The van der Waals surface area contributed by atoms with Gasteiger partial charge in [0, 0.05) is 17.0 Å². The first-order valence-electron chi connectivity index (χ1n) is 8.85. The minimum atomic E-state index is -0.221. The van der Waals surface area contributed by atoms with Crippen LogP contribution in [0.3, 0.4) is 0 Å². The average molecular weight is 393 g/mol. The normalized spacial score (nSPS) is 13.6. The molecule has 0 spiro atoms. The fourth-order valence-corrected chi connectivity index (χ4v) is 3.35. The van der Waals surface area contributed by atoms with E-state index in [2.05, 4.69) is 25.6 Å². The number of aromatic nitrogens is 4. The van der Waals surface area contributed by atoms with Crippen LogP contribution in [0.15, 0.2) is 50.8 Å². The van der Waals surface area contributed by atoms with Crippen molar-refractivity contribution in [1.82, 2.24) is 25.6 Å². The molecule has 1 aromatic carbocycles. The van der Waals surface area contributed by atoms with E-state index < -0.39 is 0 Å². The number of carbonyl (C=O) groups excluding carboxylic acids is 1. The Morgan fingerprint density at radius 1 is 1.11 bits per heavy atom. The molecule has 5 rings (SSSR count). The topological polar surface area (TPSA) is 107 Å². The zero-order valence-corrected chi connectivity index (χ0v) is 15.5. The quantitative estimate of drug-likeness (QED) is 0.533. The molecule has 1 saturated carbocycles. The third kappa shape index (κ3) is 3.44. The van der Waals surface area contributed by atoms with Crippen LogP contribution in [-0.2, 0) is 6.54 Å². The maximum absolute atomic E-state index is 12.4. The average Bonchev–Trinajstić information content (AvgIpc) is 3.16. The predicted molar refractivity (Wildman–Crippen MR) is 100 cm³/mol. The van der Waals surface area contributed by atoms with E-state index in [0.29, 0.717) is 34.9 Å². The Hall–Kier alpha value is -3.33. The van der Waals surface area contributed by atoms with Gasteiger partial charge in [0.05, 0.1) is 11.4 Å². The molecule has 4 aromatic rings. The molecule has 1 fully saturated rings. The molecular weight excluding hydrogens is 378 g/mol. The van der Waals surface area contributed by atoms with Crippen molar-refractivity contribution in [3.05, 3.63) is 59.1 Å². The van der Waals surface area contributed by atoms with Gasteiger partial charge in [0.1, 0.15) is 0 Å². The van der Waals surface area contributed by atoms with Crippen LogP contribution < -0.4 is 5.32 Å². The van der Waals surface area contributed by atoms with Crippen LogP contribution in [-0.4, -0.2) is 26.2 Å². The van der Waals surface area contributed by atoms with Crippen LogP contribution in [0.1, 0.15) is 40.8 Å². The van der Waals surface area contributed by atoms with Crippen molar-refractivity contribution < 1.29 is 13.8 Å². The van der Waals surface area contributed by atoms with E-state index in [9.17, 15) is 4.79 Å². The molecule has 8 nitrogen and oxygen atoms in total. The highest BCUT2D eigenvalue weighted by Gasteiger charge is 2.29. The largest absolute Gasteiger partial charge is 0.345 e. The van der Waals surface area contributed by atoms with Gasteiger partial charge in [-0.05, 0) is 36.4 Å². The second-order valence-corrected chi connectivity index (χ2v) is 7.43. The summed E-state index contributed by atoms with van der Waals surface area (Å²) in [5.74, 6) is 2.31. The first-order chi connectivity index (χ1) is 13.8. The van der Waals surface area contributed by atoms with Crippen LogP contribution in [0.2, 0.25) is 0 Å². The molecular formula is C19H15N5O3S. The fourth-order valence-electron chi connectivity index (χ4n) is 2.71. The van der Waals surface area contributed by atoms with Crippen molar-refractivity contribution in [2.75, 3.05) is 0 Å². The molecule has 0 bridgehead atoms. The summed E-state index contributed by atoms with van der Waals surface area (Å²) in [6.45, 7) is 0.186. The SMILES string of the molecule is O=C(NCc1noc(-c2cccs2)n1)c1ccc(-c2noc(C3CC3)n2)cc1. The second kappa shape index (κ2) is 7.01. The monoisotopic (exact) mass is 393 g/mol. The molecule has 0 saturated heterocycles. The number of carbonyl (C=O) groups is 1. The number of benzene rings is 1. The van der Waals surface area contributed by atoms with Gasteiger partial charge in [-0.2, -0.15) is 9.97 Å². The Morgan fingerprint density at radius 3 is 2.71 bits per heavy atom. The summed E-state index contributed by atoms with van der Waals surface area (Å²) in [6, 6.07) is 10.9. The van der Waals surface area contributed by atoms with E-state index >= 15 is 0 Å². The molecule has 1 aliphatic carbocycles. The molecule has 3 heterocycles. The highest BCUT2D eigenvalue weighted by Crippen LogP contribution is 2.39. The zero-order chi connectivity index (χ0) is 18.9. The lowest BCUT2D eigenvalue weighted by molar-refractivity contribution is 0.0949. The number of thiophene rings is 1. The van der Waals surface area contributed by atoms with E-state index in [1.165, 1.54) is 11.3 Å². The van der Waals surface area contributed by atoms with Gasteiger partial charge in [0.2, 0.25) is 11.7 Å². The van der Waals surface area contributed by atoms with Crippen molar-refractivity contribution in [1.29, 1.82) is 0 Å². The Kier molecular flexibility index (Phi) is 4.21. The molecule has 3 aromatic heterocycles. The van der Waals surface area contributed by atoms with Crippen molar-refractivity contribution in [2.24, 2.45) is 0 Å². The molecule has 1 aliphatic rings. The van der Waals surface area contributed by atoms with Gasteiger partial charge in [-0.1, -0.05) is 28.5 Å². The third-order valence-electron chi connectivity index (χ3n) is 4.38. The van der Waals surface area contributed by atoms with E-state index in [0.717, 1.165) is 23.3 Å². The summed E-state index contributed by atoms with van der Waals surface area (Å²) in [7, 11) is 0. The third-order valence-corrected chi connectivity index (χ3v) is 5.24. The summed E-state index contributed by atoms with van der Waals surface area (Å²) in [5.41, 5.74) is 1.34. The number of hydrogen-bond acceptors (Lipinski definition) is 8. The molecule has 140 valence electrons. The molecule has 9 heteroatoms. The van der Waals surface area contributed by atoms with Gasteiger partial charge < -0.3 is 14.4 Å². The molecule has 0 atom stereocenters. The van der Waals surface area contributed by atoms with E-state index in [-0.39, 0.29) is 12.5 Å². The van der Waals surface area contributed by atoms with Gasteiger partial charge in [-0.25, -0.2) is 0 Å². The van der Waals surface area contributed by atoms with E-state index in [4.69, 9.17) is 9.05 Å². The van der Waals surface area contributed by atoms with Gasteiger partial charge in [-0.15, -0.1) is 11.3 Å². The van der Waals surface area contributed by atoms with Crippen LogP contribution in [0.4, 0.5) is 0 Å². The minimum absolute atomic E-state index is 0.186. The Bertz CT molecular complexity index is 1100. The van der Waals surface area contributed by atoms with Crippen molar-refractivity contribution in [3.8, 4) is 22.2 Å². The molecule has 1 N–H and O–H groups in total. The maximum Gasteiger partial charge on any atom is 0.268 e.